The van der Waals surface area contributed by atoms with E-state index in [9.17, 15) is 9.59 Å². The van der Waals surface area contributed by atoms with E-state index in [1.54, 1.807) is 0 Å². The third-order valence-corrected chi connectivity index (χ3v) is 3.82. The molecule has 0 aromatic heterocycles. The Bertz CT molecular complexity index is 461. The van der Waals surface area contributed by atoms with Crippen LogP contribution in [0.15, 0.2) is 24.3 Å². The second kappa shape index (κ2) is 7.08. The van der Waals surface area contributed by atoms with Crippen LogP contribution in [-0.4, -0.2) is 17.0 Å². The minimum Gasteiger partial charge on any atom is -0.481 e. The van der Waals surface area contributed by atoms with Crippen molar-refractivity contribution in [1.29, 1.82) is 0 Å². The number of rotatable bonds is 5. The molecule has 108 valence electrons. The van der Waals surface area contributed by atoms with Crippen LogP contribution in [0, 0.1) is 5.92 Å². The van der Waals surface area contributed by atoms with Gasteiger partial charge in [-0.05, 0) is 37.0 Å². The first-order valence-corrected chi connectivity index (χ1v) is 7.27. The molecule has 0 atom stereocenters. The van der Waals surface area contributed by atoms with Crippen LogP contribution in [0.25, 0.3) is 0 Å². The van der Waals surface area contributed by atoms with Crippen LogP contribution in [0.5, 0.6) is 0 Å². The molecule has 1 fully saturated rings. The first kappa shape index (κ1) is 14.6. The largest absolute Gasteiger partial charge is 0.481 e. The van der Waals surface area contributed by atoms with E-state index in [1.807, 2.05) is 24.3 Å². The molecular formula is C16H21NO3. The molecule has 1 aliphatic carbocycles. The van der Waals surface area contributed by atoms with Crippen molar-refractivity contribution < 1.29 is 14.7 Å². The molecule has 0 spiro atoms. The molecule has 1 aliphatic rings. The highest BCUT2D eigenvalue weighted by Crippen LogP contribution is 2.25. The van der Waals surface area contributed by atoms with Gasteiger partial charge >= 0.3 is 5.97 Å². The van der Waals surface area contributed by atoms with Gasteiger partial charge in [0.25, 0.3) is 0 Å². The van der Waals surface area contributed by atoms with Crippen molar-refractivity contribution in [2.45, 2.75) is 44.9 Å². The summed E-state index contributed by atoms with van der Waals surface area (Å²) < 4.78 is 0. The Morgan fingerprint density at radius 1 is 1.10 bits per heavy atom. The fourth-order valence-electron chi connectivity index (χ4n) is 2.62. The van der Waals surface area contributed by atoms with E-state index in [0.717, 1.165) is 36.9 Å². The Kier molecular flexibility index (Phi) is 5.16. The van der Waals surface area contributed by atoms with Crippen molar-refractivity contribution >= 4 is 17.6 Å². The molecule has 0 radical (unpaired) electrons. The zero-order valence-electron chi connectivity index (χ0n) is 11.6. The van der Waals surface area contributed by atoms with Crippen LogP contribution < -0.4 is 5.32 Å². The van der Waals surface area contributed by atoms with E-state index in [2.05, 4.69) is 5.32 Å². The fraction of sp³-hybridized carbons (Fsp3) is 0.500. The van der Waals surface area contributed by atoms with Gasteiger partial charge in [-0.1, -0.05) is 31.4 Å². The van der Waals surface area contributed by atoms with Crippen molar-refractivity contribution in [3.63, 3.8) is 0 Å². The summed E-state index contributed by atoms with van der Waals surface area (Å²) in [5, 5.41) is 11.6. The number of anilines is 1. The van der Waals surface area contributed by atoms with Crippen molar-refractivity contribution in [2.75, 3.05) is 5.32 Å². The first-order chi connectivity index (χ1) is 9.65. The number of carbonyl (C=O) groups is 2. The van der Waals surface area contributed by atoms with Gasteiger partial charge in [0.2, 0.25) is 5.91 Å². The van der Waals surface area contributed by atoms with E-state index in [-0.39, 0.29) is 18.2 Å². The molecule has 0 heterocycles. The Morgan fingerprint density at radius 2 is 1.75 bits per heavy atom. The Morgan fingerprint density at radius 3 is 2.35 bits per heavy atom. The predicted octanol–water partition coefficient (Wildman–Crippen LogP) is 3.22. The summed E-state index contributed by atoms with van der Waals surface area (Å²) in [5.74, 6) is -0.530. The summed E-state index contributed by atoms with van der Waals surface area (Å²) in [6, 6.07) is 7.44. The second-order valence-electron chi connectivity index (χ2n) is 5.41. The number of carboxylic acids is 1. The quantitative estimate of drug-likeness (QED) is 0.867. The molecule has 4 heteroatoms. The number of carbonyl (C=O) groups excluding carboxylic acids is 1. The van der Waals surface area contributed by atoms with Gasteiger partial charge < -0.3 is 10.4 Å². The number of aryl methyl sites for hydroxylation is 1. The molecular weight excluding hydrogens is 254 g/mol. The Labute approximate surface area is 119 Å². The maximum absolute atomic E-state index is 12.1. The lowest BCUT2D eigenvalue weighted by atomic mass is 9.88. The first-order valence-electron chi connectivity index (χ1n) is 7.27. The highest BCUT2D eigenvalue weighted by Gasteiger charge is 2.20. The standard InChI is InChI=1S/C16H21NO3/c18-15(19)11-8-12-6-9-14(10-7-12)17-16(20)13-4-2-1-3-5-13/h6-7,9-10,13H,1-5,8,11H2,(H,17,20)(H,18,19). The SMILES string of the molecule is O=C(O)CCc1ccc(NC(=O)C2CCCCC2)cc1. The van der Waals surface area contributed by atoms with E-state index in [4.69, 9.17) is 5.11 Å². The van der Waals surface area contributed by atoms with Gasteiger partial charge in [-0.3, -0.25) is 9.59 Å². The van der Waals surface area contributed by atoms with Gasteiger partial charge in [0, 0.05) is 18.0 Å². The van der Waals surface area contributed by atoms with Gasteiger partial charge in [0.15, 0.2) is 0 Å². The molecule has 0 saturated heterocycles. The summed E-state index contributed by atoms with van der Waals surface area (Å²) in [7, 11) is 0. The molecule has 1 aromatic carbocycles. The molecule has 20 heavy (non-hydrogen) atoms. The summed E-state index contributed by atoms with van der Waals surface area (Å²) in [6.07, 6.45) is 6.16. The highest BCUT2D eigenvalue weighted by atomic mass is 16.4. The van der Waals surface area contributed by atoms with Gasteiger partial charge in [-0.25, -0.2) is 0 Å². The molecule has 0 bridgehead atoms. The average molecular weight is 275 g/mol. The Hall–Kier alpha value is -1.84. The maximum Gasteiger partial charge on any atom is 0.303 e. The molecule has 2 rings (SSSR count). The van der Waals surface area contributed by atoms with E-state index in [1.165, 1.54) is 6.42 Å². The maximum atomic E-state index is 12.1. The number of amides is 1. The number of benzene rings is 1. The zero-order chi connectivity index (χ0) is 14.4. The lowest BCUT2D eigenvalue weighted by Gasteiger charge is -2.20. The fourth-order valence-corrected chi connectivity index (χ4v) is 2.62. The lowest BCUT2D eigenvalue weighted by molar-refractivity contribution is -0.137. The lowest BCUT2D eigenvalue weighted by Crippen LogP contribution is -2.24. The predicted molar refractivity (Wildman–Crippen MR) is 77.6 cm³/mol. The van der Waals surface area contributed by atoms with Crippen LogP contribution in [0.3, 0.4) is 0 Å². The van der Waals surface area contributed by atoms with Crippen LogP contribution in [0.2, 0.25) is 0 Å². The van der Waals surface area contributed by atoms with E-state index < -0.39 is 5.97 Å². The molecule has 4 nitrogen and oxygen atoms in total. The number of hydrogen-bond donors (Lipinski definition) is 2. The Balaban J connectivity index is 1.86. The highest BCUT2D eigenvalue weighted by molar-refractivity contribution is 5.92. The summed E-state index contributed by atoms with van der Waals surface area (Å²) in [4.78, 5) is 22.6. The molecule has 1 saturated carbocycles. The molecule has 0 aliphatic heterocycles. The van der Waals surface area contributed by atoms with Crippen LogP contribution in [-0.2, 0) is 16.0 Å². The molecule has 1 aromatic rings. The summed E-state index contributed by atoms with van der Waals surface area (Å²) in [5.41, 5.74) is 1.77. The second-order valence-corrected chi connectivity index (χ2v) is 5.41. The van der Waals surface area contributed by atoms with Crippen molar-refractivity contribution in [2.24, 2.45) is 5.92 Å². The third-order valence-electron chi connectivity index (χ3n) is 3.82. The van der Waals surface area contributed by atoms with Gasteiger partial charge in [0.05, 0.1) is 0 Å². The number of aliphatic carboxylic acids is 1. The monoisotopic (exact) mass is 275 g/mol. The van der Waals surface area contributed by atoms with Crippen molar-refractivity contribution in [1.82, 2.24) is 0 Å². The normalized spacial score (nSPS) is 15.8. The molecule has 0 unspecified atom stereocenters. The molecule has 1 amide bonds. The van der Waals surface area contributed by atoms with Crippen LogP contribution in [0.4, 0.5) is 5.69 Å². The van der Waals surface area contributed by atoms with E-state index >= 15 is 0 Å². The van der Waals surface area contributed by atoms with E-state index in [0.29, 0.717) is 6.42 Å². The van der Waals surface area contributed by atoms with Gasteiger partial charge in [-0.2, -0.15) is 0 Å². The van der Waals surface area contributed by atoms with Crippen LogP contribution >= 0.6 is 0 Å². The summed E-state index contributed by atoms with van der Waals surface area (Å²) in [6.45, 7) is 0. The number of carboxylic acid groups (broad SMARTS) is 1. The third kappa shape index (κ3) is 4.37. The summed E-state index contributed by atoms with van der Waals surface area (Å²) >= 11 is 0. The smallest absolute Gasteiger partial charge is 0.303 e. The van der Waals surface area contributed by atoms with Crippen molar-refractivity contribution in [3.8, 4) is 0 Å². The van der Waals surface area contributed by atoms with Gasteiger partial charge in [-0.15, -0.1) is 0 Å². The average Bonchev–Trinajstić information content (AvgIpc) is 2.47. The van der Waals surface area contributed by atoms with Gasteiger partial charge in [0.1, 0.15) is 0 Å². The zero-order valence-corrected chi connectivity index (χ0v) is 11.6. The van der Waals surface area contributed by atoms with Crippen molar-refractivity contribution in [3.05, 3.63) is 29.8 Å². The minimum atomic E-state index is -0.792. The number of nitrogens with one attached hydrogen (secondary N) is 1. The molecule has 2 N–H and O–H groups in total. The minimum absolute atomic E-state index is 0.114. The topological polar surface area (TPSA) is 66.4 Å². The number of hydrogen-bond acceptors (Lipinski definition) is 2. The van der Waals surface area contributed by atoms with Crippen LogP contribution in [0.1, 0.15) is 44.1 Å².